The maximum Gasteiger partial charge on any atom is 0.339 e. The van der Waals surface area contributed by atoms with Crippen LogP contribution in [0.5, 0.6) is 11.6 Å². The van der Waals surface area contributed by atoms with Gasteiger partial charge in [0.15, 0.2) is 0 Å². The minimum Gasteiger partial charge on any atom is -0.496 e. The third-order valence-corrected chi connectivity index (χ3v) is 8.26. The number of benzene rings is 1. The van der Waals surface area contributed by atoms with Crippen LogP contribution in [-0.4, -0.2) is 68.7 Å². The van der Waals surface area contributed by atoms with E-state index in [4.69, 9.17) is 10.5 Å². The molecule has 0 unspecified atom stereocenters. The quantitative estimate of drug-likeness (QED) is 0.152. The highest BCUT2D eigenvalue weighted by Gasteiger charge is 2.22. The lowest BCUT2D eigenvalue weighted by atomic mass is 10.1. The minimum atomic E-state index is -4.33. The van der Waals surface area contributed by atoms with E-state index in [1.54, 1.807) is 23.1 Å². The third kappa shape index (κ3) is 5.69. The first-order chi connectivity index (χ1) is 20.1. The van der Waals surface area contributed by atoms with Crippen LogP contribution in [0.4, 0.5) is 5.69 Å². The number of nitrogens with two attached hydrogens (primary N) is 1. The van der Waals surface area contributed by atoms with Gasteiger partial charge in [-0.3, -0.25) is 14.5 Å². The fourth-order valence-corrected chi connectivity index (χ4v) is 5.81. The number of anilines is 1. The summed E-state index contributed by atoms with van der Waals surface area (Å²) in [6.45, 7) is 0.119. The maximum absolute atomic E-state index is 13.1. The highest BCUT2D eigenvalue weighted by molar-refractivity contribution is 7.92. The summed E-state index contributed by atoms with van der Waals surface area (Å²) in [6.07, 6.45) is 6.19. The molecule has 6 N–H and O–H groups in total. The van der Waals surface area contributed by atoms with Crippen molar-refractivity contribution >= 4 is 43.9 Å². The zero-order chi connectivity index (χ0) is 30.0. The molecular weight excluding hydrogens is 588 g/mol. The van der Waals surface area contributed by atoms with Crippen LogP contribution in [0.25, 0.3) is 26.8 Å². The predicted molar refractivity (Wildman–Crippen MR) is 151 cm³/mol. The number of carboxylic acid groups (broad SMARTS) is 1. The van der Waals surface area contributed by atoms with E-state index >= 15 is 0 Å². The molecule has 1 aromatic carbocycles. The Balaban J connectivity index is 1.44. The Morgan fingerprint density at radius 2 is 1.90 bits per heavy atom. The first-order valence-corrected chi connectivity index (χ1v) is 14.3. The van der Waals surface area contributed by atoms with Gasteiger partial charge in [0.05, 0.1) is 30.4 Å². The van der Waals surface area contributed by atoms with Gasteiger partial charge in [-0.05, 0) is 35.9 Å². The highest BCUT2D eigenvalue weighted by Crippen LogP contribution is 2.33. The van der Waals surface area contributed by atoms with Crippen molar-refractivity contribution in [3.8, 4) is 33.5 Å². The number of imidazole rings is 1. The van der Waals surface area contributed by atoms with Crippen molar-refractivity contribution < 1.29 is 33.0 Å². The number of pyridine rings is 2. The number of carbonyl (C=O) groups excluding carboxylic acids is 1. The SMILES string of the molecule is COc1ccc(S(=O)(=O)Nc2cc(-c3nn4c(-c5cncc(CNC(=O)CN)c5)cnc4s3)cnc2O)cc1C(=O)O. The molecular formula is C25H22N8O7S2. The van der Waals surface area contributed by atoms with Crippen molar-refractivity contribution in [1.29, 1.82) is 0 Å². The van der Waals surface area contributed by atoms with Gasteiger partial charge >= 0.3 is 5.97 Å². The first-order valence-electron chi connectivity index (χ1n) is 12.0. The minimum absolute atomic E-state index is 0.0121. The monoisotopic (exact) mass is 610 g/mol. The summed E-state index contributed by atoms with van der Waals surface area (Å²) in [5.74, 6) is -2.28. The summed E-state index contributed by atoms with van der Waals surface area (Å²) in [4.78, 5) is 35.7. The number of hydrogen-bond donors (Lipinski definition) is 5. The van der Waals surface area contributed by atoms with Gasteiger partial charge in [0, 0.05) is 36.3 Å². The largest absolute Gasteiger partial charge is 0.496 e. The molecule has 0 bridgehead atoms. The number of carbonyl (C=O) groups is 2. The number of hydrogen-bond acceptors (Lipinski definition) is 12. The van der Waals surface area contributed by atoms with E-state index < -0.39 is 21.9 Å². The number of nitrogens with one attached hydrogen (secondary N) is 2. The smallest absolute Gasteiger partial charge is 0.339 e. The molecule has 0 atom stereocenters. The standard InChI is InChI=1S/C25H22N8O7S2/c1-40-20-3-2-16(6-17(20)24(36)37)42(38,39)32-18-5-15(11-29-22(18)35)23-31-33-19(12-30-25(33)41-23)14-4-13(8-27-10-14)9-28-21(34)7-26/h2-6,8,10-12,32H,7,9,26H2,1H3,(H,28,34)(H,29,35)(H,36,37). The number of carboxylic acids is 1. The average molecular weight is 611 g/mol. The van der Waals surface area contributed by atoms with Gasteiger partial charge in [0.25, 0.3) is 10.0 Å². The molecule has 42 heavy (non-hydrogen) atoms. The molecule has 5 aromatic rings. The van der Waals surface area contributed by atoms with Crippen LogP contribution in [0.15, 0.2) is 60.0 Å². The van der Waals surface area contributed by atoms with Gasteiger partial charge in [-0.15, -0.1) is 0 Å². The van der Waals surface area contributed by atoms with Gasteiger partial charge < -0.3 is 26.0 Å². The number of aromatic nitrogens is 5. The highest BCUT2D eigenvalue weighted by atomic mass is 32.2. The Morgan fingerprint density at radius 1 is 1.10 bits per heavy atom. The second kappa shape index (κ2) is 11.4. The van der Waals surface area contributed by atoms with E-state index in [0.29, 0.717) is 26.8 Å². The normalized spacial score (nSPS) is 11.4. The molecule has 15 nitrogen and oxygen atoms in total. The lowest BCUT2D eigenvalue weighted by Crippen LogP contribution is -2.29. The van der Waals surface area contributed by atoms with Crippen LogP contribution in [-0.2, 0) is 21.4 Å². The third-order valence-electron chi connectivity index (χ3n) is 5.92. The molecule has 0 aliphatic heterocycles. The van der Waals surface area contributed by atoms with Crippen LogP contribution >= 0.6 is 11.3 Å². The number of rotatable bonds is 10. The van der Waals surface area contributed by atoms with E-state index in [0.717, 1.165) is 11.6 Å². The summed E-state index contributed by atoms with van der Waals surface area (Å²) in [5, 5.41) is 27.4. The van der Waals surface area contributed by atoms with E-state index in [1.807, 2.05) is 6.07 Å². The number of aromatic hydroxyl groups is 1. The second-order valence-electron chi connectivity index (χ2n) is 8.68. The van der Waals surface area contributed by atoms with Crippen molar-refractivity contribution in [1.82, 2.24) is 29.9 Å². The fourth-order valence-electron chi connectivity index (χ4n) is 3.88. The molecule has 0 aliphatic carbocycles. The molecule has 4 heterocycles. The topological polar surface area (TPSA) is 224 Å². The number of ether oxygens (including phenoxy) is 1. The van der Waals surface area contributed by atoms with Gasteiger partial charge in [-0.1, -0.05) is 11.3 Å². The van der Waals surface area contributed by atoms with Gasteiger partial charge in [-0.25, -0.2) is 27.7 Å². The number of amides is 1. The van der Waals surface area contributed by atoms with Crippen molar-refractivity contribution in [2.45, 2.75) is 11.4 Å². The Kier molecular flexibility index (Phi) is 7.70. The molecule has 216 valence electrons. The second-order valence-corrected chi connectivity index (χ2v) is 11.3. The van der Waals surface area contributed by atoms with E-state index in [-0.39, 0.29) is 40.9 Å². The molecule has 0 radical (unpaired) electrons. The Labute approximate surface area is 241 Å². The number of methoxy groups -OCH3 is 1. The summed E-state index contributed by atoms with van der Waals surface area (Å²) < 4.78 is 34.9. The first kappa shape index (κ1) is 28.4. The summed E-state index contributed by atoms with van der Waals surface area (Å²) >= 11 is 1.20. The van der Waals surface area contributed by atoms with Crippen LogP contribution in [0.3, 0.4) is 0 Å². The number of sulfonamides is 1. The molecule has 0 saturated heterocycles. The lowest BCUT2D eigenvalue weighted by molar-refractivity contribution is -0.119. The molecule has 0 fully saturated rings. The number of fused-ring (bicyclic) bond motifs is 1. The number of nitrogens with zero attached hydrogens (tertiary/aromatic N) is 5. The Hall–Kier alpha value is -5.13. The van der Waals surface area contributed by atoms with Crippen LogP contribution in [0.1, 0.15) is 15.9 Å². The van der Waals surface area contributed by atoms with E-state index in [2.05, 4.69) is 30.1 Å². The molecule has 5 rings (SSSR count). The molecule has 0 spiro atoms. The Morgan fingerprint density at radius 3 is 2.64 bits per heavy atom. The predicted octanol–water partition coefficient (Wildman–Crippen LogP) is 1.70. The van der Waals surface area contributed by atoms with Gasteiger partial charge in [0.1, 0.15) is 22.0 Å². The maximum atomic E-state index is 13.1. The average Bonchev–Trinajstić information content (AvgIpc) is 3.58. The molecule has 4 aromatic heterocycles. The van der Waals surface area contributed by atoms with Crippen molar-refractivity contribution in [2.24, 2.45) is 5.73 Å². The Bertz CT molecular complexity index is 1940. The zero-order valence-corrected chi connectivity index (χ0v) is 23.3. The van der Waals surface area contributed by atoms with Crippen LogP contribution in [0, 0.1) is 0 Å². The van der Waals surface area contributed by atoms with E-state index in [1.165, 1.54) is 42.8 Å². The van der Waals surface area contributed by atoms with Crippen LogP contribution in [0.2, 0.25) is 0 Å². The lowest BCUT2D eigenvalue weighted by Gasteiger charge is -2.12. The molecule has 0 aliphatic rings. The zero-order valence-electron chi connectivity index (χ0n) is 21.7. The van der Waals surface area contributed by atoms with Gasteiger partial charge in [0.2, 0.25) is 16.7 Å². The van der Waals surface area contributed by atoms with Crippen molar-refractivity contribution in [3.63, 3.8) is 0 Å². The summed E-state index contributed by atoms with van der Waals surface area (Å²) in [6, 6.07) is 6.52. The van der Waals surface area contributed by atoms with E-state index in [9.17, 15) is 28.2 Å². The molecule has 0 saturated carbocycles. The fraction of sp³-hybridized carbons (Fsp3) is 0.120. The van der Waals surface area contributed by atoms with Crippen molar-refractivity contribution in [3.05, 3.63) is 66.2 Å². The number of aromatic carboxylic acids is 1. The summed E-state index contributed by atoms with van der Waals surface area (Å²) in [5.41, 5.74) is 7.17. The molecule has 1 amide bonds. The van der Waals surface area contributed by atoms with Crippen molar-refractivity contribution in [2.75, 3.05) is 18.4 Å². The van der Waals surface area contributed by atoms with Gasteiger partial charge in [-0.2, -0.15) is 5.10 Å². The molecule has 17 heteroatoms. The summed E-state index contributed by atoms with van der Waals surface area (Å²) in [7, 11) is -3.07. The van der Waals surface area contributed by atoms with Crippen LogP contribution < -0.4 is 20.5 Å².